The molecule has 1 aromatic rings. The van der Waals surface area contributed by atoms with Crippen molar-refractivity contribution in [3.63, 3.8) is 0 Å². The molecular formula is C16H30BrN3. The van der Waals surface area contributed by atoms with Crippen LogP contribution in [0, 0.1) is 0 Å². The van der Waals surface area contributed by atoms with E-state index in [0.717, 1.165) is 19.4 Å². The molecule has 0 bridgehead atoms. The van der Waals surface area contributed by atoms with Gasteiger partial charge in [-0.1, -0.05) is 46.5 Å². The van der Waals surface area contributed by atoms with E-state index in [1.165, 1.54) is 48.0 Å². The third-order valence-electron chi connectivity index (χ3n) is 3.84. The first-order valence-electron chi connectivity index (χ1n) is 8.07. The van der Waals surface area contributed by atoms with E-state index in [2.05, 4.69) is 54.2 Å². The normalized spacial score (nSPS) is 12.8. The molecule has 4 heteroatoms. The largest absolute Gasteiger partial charge is 0.314 e. The molecule has 0 fully saturated rings. The summed E-state index contributed by atoms with van der Waals surface area (Å²) in [6.45, 7) is 7.65. The summed E-state index contributed by atoms with van der Waals surface area (Å²) in [6, 6.07) is 0.563. The summed E-state index contributed by atoms with van der Waals surface area (Å²) in [6.07, 6.45) is 8.63. The molecule has 0 saturated carbocycles. The van der Waals surface area contributed by atoms with Crippen molar-refractivity contribution in [3.8, 4) is 0 Å². The maximum Gasteiger partial charge on any atom is 0.0766 e. The SMILES string of the molecule is CCCCCCC(Cc1c(Br)c(CC)nn1C)NCC. The van der Waals surface area contributed by atoms with Crippen LogP contribution in [-0.2, 0) is 19.9 Å². The minimum Gasteiger partial charge on any atom is -0.314 e. The number of unbranched alkanes of at least 4 members (excludes halogenated alkanes) is 3. The van der Waals surface area contributed by atoms with Gasteiger partial charge in [0.15, 0.2) is 0 Å². The number of hydrogen-bond acceptors (Lipinski definition) is 2. The minimum absolute atomic E-state index is 0.563. The topological polar surface area (TPSA) is 29.9 Å². The van der Waals surface area contributed by atoms with Crippen LogP contribution in [0.2, 0.25) is 0 Å². The van der Waals surface area contributed by atoms with E-state index in [1.54, 1.807) is 0 Å². The van der Waals surface area contributed by atoms with Crippen LogP contribution >= 0.6 is 15.9 Å². The Morgan fingerprint density at radius 2 is 1.95 bits per heavy atom. The first-order valence-corrected chi connectivity index (χ1v) is 8.86. The lowest BCUT2D eigenvalue weighted by molar-refractivity contribution is 0.452. The molecule has 116 valence electrons. The smallest absolute Gasteiger partial charge is 0.0766 e. The van der Waals surface area contributed by atoms with Gasteiger partial charge in [-0.05, 0) is 35.3 Å². The van der Waals surface area contributed by atoms with Crippen LogP contribution in [0.3, 0.4) is 0 Å². The Hall–Kier alpha value is -0.350. The monoisotopic (exact) mass is 343 g/mol. The number of nitrogens with one attached hydrogen (secondary N) is 1. The molecule has 1 aromatic heterocycles. The van der Waals surface area contributed by atoms with Gasteiger partial charge in [0.25, 0.3) is 0 Å². The second-order valence-corrected chi connectivity index (χ2v) is 6.29. The molecule has 0 aliphatic heterocycles. The molecule has 0 amide bonds. The molecule has 0 aromatic carbocycles. The molecule has 3 nitrogen and oxygen atoms in total. The molecule has 0 spiro atoms. The number of halogens is 1. The van der Waals surface area contributed by atoms with E-state index >= 15 is 0 Å². The third-order valence-corrected chi connectivity index (χ3v) is 4.76. The van der Waals surface area contributed by atoms with Crippen LogP contribution in [0.25, 0.3) is 0 Å². The second-order valence-electron chi connectivity index (χ2n) is 5.49. The zero-order valence-corrected chi connectivity index (χ0v) is 15.1. The van der Waals surface area contributed by atoms with Gasteiger partial charge in [-0.25, -0.2) is 0 Å². The zero-order chi connectivity index (χ0) is 15.0. The highest BCUT2D eigenvalue weighted by Crippen LogP contribution is 2.23. The Kier molecular flexibility index (Phi) is 8.46. The molecule has 0 saturated heterocycles. The van der Waals surface area contributed by atoms with E-state index in [-0.39, 0.29) is 0 Å². The fourth-order valence-electron chi connectivity index (χ4n) is 2.66. The predicted molar refractivity (Wildman–Crippen MR) is 90.2 cm³/mol. The van der Waals surface area contributed by atoms with E-state index in [4.69, 9.17) is 0 Å². The first kappa shape index (κ1) is 17.7. The fourth-order valence-corrected chi connectivity index (χ4v) is 3.44. The van der Waals surface area contributed by atoms with Gasteiger partial charge in [0, 0.05) is 19.5 Å². The number of aryl methyl sites for hydroxylation is 2. The Balaban J connectivity index is 2.62. The summed E-state index contributed by atoms with van der Waals surface area (Å²) < 4.78 is 3.25. The molecule has 0 radical (unpaired) electrons. The molecular weight excluding hydrogens is 314 g/mol. The lowest BCUT2D eigenvalue weighted by Crippen LogP contribution is -2.31. The van der Waals surface area contributed by atoms with Gasteiger partial charge < -0.3 is 5.32 Å². The van der Waals surface area contributed by atoms with E-state index < -0.39 is 0 Å². The number of hydrogen-bond donors (Lipinski definition) is 1. The number of likely N-dealkylation sites (N-methyl/N-ethyl adjacent to an activating group) is 1. The molecule has 0 aliphatic carbocycles. The van der Waals surface area contributed by atoms with E-state index in [9.17, 15) is 0 Å². The third kappa shape index (κ3) is 5.21. The summed E-state index contributed by atoms with van der Waals surface area (Å²) in [7, 11) is 2.05. The van der Waals surface area contributed by atoms with Crippen LogP contribution in [0.1, 0.15) is 64.3 Å². The number of aromatic nitrogens is 2. The maximum absolute atomic E-state index is 4.59. The van der Waals surface area contributed by atoms with Crippen molar-refractivity contribution in [1.29, 1.82) is 0 Å². The van der Waals surface area contributed by atoms with Gasteiger partial charge in [-0.15, -0.1) is 0 Å². The highest BCUT2D eigenvalue weighted by Gasteiger charge is 2.17. The quantitative estimate of drug-likeness (QED) is 0.644. The van der Waals surface area contributed by atoms with Crippen LogP contribution in [0.15, 0.2) is 4.47 Å². The number of nitrogens with zero attached hydrogens (tertiary/aromatic N) is 2. The van der Waals surface area contributed by atoms with Gasteiger partial charge in [-0.3, -0.25) is 4.68 Å². The Morgan fingerprint density at radius 3 is 2.50 bits per heavy atom. The highest BCUT2D eigenvalue weighted by atomic mass is 79.9. The molecule has 1 rings (SSSR count). The van der Waals surface area contributed by atoms with Crippen LogP contribution in [-0.4, -0.2) is 22.4 Å². The van der Waals surface area contributed by atoms with Gasteiger partial charge in [0.1, 0.15) is 0 Å². The summed E-state index contributed by atoms with van der Waals surface area (Å²) in [4.78, 5) is 0. The van der Waals surface area contributed by atoms with Crippen LogP contribution < -0.4 is 5.32 Å². The summed E-state index contributed by atoms with van der Waals surface area (Å²) >= 11 is 3.72. The lowest BCUT2D eigenvalue weighted by atomic mass is 10.0. The van der Waals surface area contributed by atoms with E-state index in [1.807, 2.05) is 4.68 Å². The Labute approximate surface area is 132 Å². The average Bonchev–Trinajstić information content (AvgIpc) is 2.71. The zero-order valence-electron chi connectivity index (χ0n) is 13.5. The van der Waals surface area contributed by atoms with Gasteiger partial charge in [-0.2, -0.15) is 5.10 Å². The predicted octanol–water partition coefficient (Wildman–Crippen LogP) is 4.24. The molecule has 1 unspecified atom stereocenters. The van der Waals surface area contributed by atoms with Gasteiger partial charge in [0.05, 0.1) is 15.9 Å². The standard InChI is InChI=1S/C16H30BrN3/c1-5-8-9-10-11-13(18-7-3)12-15-16(17)14(6-2)19-20(15)4/h13,18H,5-12H2,1-4H3. The minimum atomic E-state index is 0.563. The average molecular weight is 344 g/mol. The fraction of sp³-hybridized carbons (Fsp3) is 0.812. The van der Waals surface area contributed by atoms with E-state index in [0.29, 0.717) is 6.04 Å². The first-order chi connectivity index (χ1) is 9.63. The maximum atomic E-state index is 4.59. The highest BCUT2D eigenvalue weighted by molar-refractivity contribution is 9.10. The van der Waals surface area contributed by atoms with Crippen molar-refractivity contribution >= 4 is 15.9 Å². The number of rotatable bonds is 10. The van der Waals surface area contributed by atoms with Crippen molar-refractivity contribution in [1.82, 2.24) is 15.1 Å². The summed E-state index contributed by atoms with van der Waals surface area (Å²) in [5.74, 6) is 0. The Morgan fingerprint density at radius 1 is 1.20 bits per heavy atom. The summed E-state index contributed by atoms with van der Waals surface area (Å²) in [5, 5.41) is 8.22. The molecule has 1 atom stereocenters. The molecule has 20 heavy (non-hydrogen) atoms. The molecule has 1 N–H and O–H groups in total. The second kappa shape index (κ2) is 9.56. The van der Waals surface area contributed by atoms with Gasteiger partial charge >= 0.3 is 0 Å². The van der Waals surface area contributed by atoms with Crippen molar-refractivity contribution < 1.29 is 0 Å². The van der Waals surface area contributed by atoms with Crippen molar-refractivity contribution in [2.45, 2.75) is 71.8 Å². The van der Waals surface area contributed by atoms with Crippen molar-refractivity contribution in [2.24, 2.45) is 7.05 Å². The van der Waals surface area contributed by atoms with Crippen LogP contribution in [0.5, 0.6) is 0 Å². The molecule has 1 heterocycles. The summed E-state index contributed by atoms with van der Waals surface area (Å²) in [5.41, 5.74) is 2.49. The molecule has 0 aliphatic rings. The lowest BCUT2D eigenvalue weighted by Gasteiger charge is -2.18. The van der Waals surface area contributed by atoms with Crippen molar-refractivity contribution in [2.75, 3.05) is 6.54 Å². The Bertz CT molecular complexity index is 387. The van der Waals surface area contributed by atoms with Crippen LogP contribution in [0.4, 0.5) is 0 Å². The van der Waals surface area contributed by atoms with Gasteiger partial charge in [0.2, 0.25) is 0 Å². The van der Waals surface area contributed by atoms with Crippen molar-refractivity contribution in [3.05, 3.63) is 15.9 Å².